The van der Waals surface area contributed by atoms with Crippen molar-refractivity contribution in [1.82, 2.24) is 0 Å². The maximum Gasteiger partial charge on any atom is 0.413 e. The second-order valence-electron chi connectivity index (χ2n) is 0.592. The summed E-state index contributed by atoms with van der Waals surface area (Å²) in [5, 5.41) is 0.194. The van der Waals surface area contributed by atoms with Gasteiger partial charge in [0.15, 0.2) is 0 Å². The zero-order valence-corrected chi connectivity index (χ0v) is 7.01. The fraction of sp³-hybridized carbons (Fsp3) is 1.00. The summed E-state index contributed by atoms with van der Waals surface area (Å²) in [6, 6.07) is 0. The van der Waals surface area contributed by atoms with Crippen LogP contribution in [0.5, 0.6) is 0 Å². The second-order valence-corrected chi connectivity index (χ2v) is 2.76. The van der Waals surface area contributed by atoms with Gasteiger partial charge in [-0.2, -0.15) is 8.42 Å². The Morgan fingerprint density at radius 1 is 1.44 bits per heavy atom. The van der Waals surface area contributed by atoms with Crippen LogP contribution in [0.1, 0.15) is 0 Å². The maximum atomic E-state index is 9.20. The molecular formula is CH3Cl3O4S. The van der Waals surface area contributed by atoms with Gasteiger partial charge in [0.2, 0.25) is 0 Å². The van der Waals surface area contributed by atoms with Gasteiger partial charge in [0.05, 0.1) is 17.2 Å². The Kier molecular flexibility index (Phi) is 9.46. The summed E-state index contributed by atoms with van der Waals surface area (Å²) in [7, 11) is -4.40. The molecule has 0 unspecified atom stereocenters. The molecule has 8 heteroatoms. The number of halogens is 3. The first-order valence-electron chi connectivity index (χ1n) is 1.37. The monoisotopic (exact) mass is 216 g/mol. The van der Waals surface area contributed by atoms with Crippen molar-refractivity contribution in [2.75, 3.05) is 5.34 Å². The third-order valence-electron chi connectivity index (χ3n) is 0.0796. The third kappa shape index (κ3) is 28.4. The molecule has 0 amide bonds. The molecule has 0 atom stereocenters. The summed E-state index contributed by atoms with van der Waals surface area (Å²) in [6.07, 6.45) is 0. The number of hydrogen-bond donors (Lipinski definition) is 1. The largest absolute Gasteiger partial charge is 0.413 e. The predicted molar refractivity (Wildman–Crippen MR) is 35.1 cm³/mol. The Labute approximate surface area is 67.8 Å². The van der Waals surface area contributed by atoms with Crippen molar-refractivity contribution in [2.45, 2.75) is 0 Å². The topological polar surface area (TPSA) is 63.6 Å². The van der Waals surface area contributed by atoms with Gasteiger partial charge in [-0.25, -0.2) is 0 Å². The van der Waals surface area contributed by atoms with Gasteiger partial charge in [0.25, 0.3) is 0 Å². The fourth-order valence-electron chi connectivity index (χ4n) is 0. The van der Waals surface area contributed by atoms with Gasteiger partial charge in [-0.1, -0.05) is 0 Å². The average Bonchev–Trinajstić information content (AvgIpc) is 1.67. The molecular weight excluding hydrogens is 214 g/mol. The summed E-state index contributed by atoms with van der Waals surface area (Å²) < 4.78 is 28.8. The summed E-state index contributed by atoms with van der Waals surface area (Å²) in [6.45, 7) is 0. The van der Waals surface area contributed by atoms with Crippen molar-refractivity contribution < 1.29 is 16.7 Å². The van der Waals surface area contributed by atoms with E-state index in [1.54, 1.807) is 0 Å². The van der Waals surface area contributed by atoms with Crippen LogP contribution in [0.15, 0.2) is 0 Å². The number of alkyl halides is 2. The Bertz CT molecular complexity index is 129. The van der Waals surface area contributed by atoms with E-state index in [1.807, 2.05) is 0 Å². The van der Waals surface area contributed by atoms with E-state index in [2.05, 4.69) is 15.6 Å². The van der Waals surface area contributed by atoms with Gasteiger partial charge in [-0.3, -0.25) is 4.55 Å². The standard InChI is InChI=1S/CH2Cl2.ClHO4S/c2-1-3;1-5-6(2,3)4/h1H2;(H,2,3,4). The van der Waals surface area contributed by atoms with Crippen molar-refractivity contribution in [2.24, 2.45) is 0 Å². The van der Waals surface area contributed by atoms with Crippen LogP contribution in [0.3, 0.4) is 0 Å². The van der Waals surface area contributed by atoms with E-state index in [4.69, 9.17) is 27.8 Å². The van der Waals surface area contributed by atoms with Gasteiger partial charge in [-0.05, 0) is 0 Å². The third-order valence-corrected chi connectivity index (χ3v) is 0.716. The minimum atomic E-state index is -4.40. The van der Waals surface area contributed by atoms with Crippen molar-refractivity contribution in [1.29, 1.82) is 0 Å². The van der Waals surface area contributed by atoms with Crippen LogP contribution >= 0.6 is 35.1 Å². The van der Waals surface area contributed by atoms with E-state index in [0.717, 1.165) is 0 Å². The molecule has 0 rings (SSSR count). The lowest BCUT2D eigenvalue weighted by molar-refractivity contribution is 0.400. The molecule has 0 aromatic heterocycles. The lowest BCUT2D eigenvalue weighted by atomic mass is 11.9. The molecule has 0 bridgehead atoms. The van der Waals surface area contributed by atoms with E-state index >= 15 is 0 Å². The van der Waals surface area contributed by atoms with Gasteiger partial charge >= 0.3 is 10.4 Å². The van der Waals surface area contributed by atoms with Crippen molar-refractivity contribution in [3.8, 4) is 0 Å². The summed E-state index contributed by atoms with van der Waals surface area (Å²) in [4.78, 5) is 0. The molecule has 0 radical (unpaired) electrons. The molecule has 4 nitrogen and oxygen atoms in total. The van der Waals surface area contributed by atoms with E-state index in [1.165, 1.54) is 0 Å². The zero-order valence-electron chi connectivity index (χ0n) is 3.92. The molecule has 58 valence electrons. The van der Waals surface area contributed by atoms with Crippen LogP contribution in [0.2, 0.25) is 0 Å². The predicted octanol–water partition coefficient (Wildman–Crippen LogP) is 1.38. The van der Waals surface area contributed by atoms with Gasteiger partial charge in [-0.15, -0.1) is 26.9 Å². The molecule has 0 saturated carbocycles. The number of hydrogen-bond acceptors (Lipinski definition) is 3. The van der Waals surface area contributed by atoms with Crippen LogP contribution in [-0.4, -0.2) is 18.3 Å². The highest BCUT2D eigenvalue weighted by molar-refractivity contribution is 7.81. The summed E-state index contributed by atoms with van der Waals surface area (Å²) >= 11 is 13.7. The van der Waals surface area contributed by atoms with Gasteiger partial charge in [0, 0.05) is 0 Å². The molecule has 0 aromatic rings. The lowest BCUT2D eigenvalue weighted by Gasteiger charge is -1.77. The molecule has 0 aliphatic rings. The van der Waals surface area contributed by atoms with Gasteiger partial charge in [0.1, 0.15) is 0 Å². The van der Waals surface area contributed by atoms with Gasteiger partial charge < -0.3 is 0 Å². The van der Waals surface area contributed by atoms with E-state index in [0.29, 0.717) is 0 Å². The van der Waals surface area contributed by atoms with Crippen LogP contribution in [-0.2, 0) is 14.1 Å². The fourth-order valence-corrected chi connectivity index (χ4v) is 0. The molecule has 1 N–H and O–H groups in total. The van der Waals surface area contributed by atoms with Crippen molar-refractivity contribution in [3.63, 3.8) is 0 Å². The zero-order chi connectivity index (χ0) is 7.91. The van der Waals surface area contributed by atoms with Crippen LogP contribution < -0.4 is 0 Å². The lowest BCUT2D eigenvalue weighted by Crippen LogP contribution is -1.92. The SMILES string of the molecule is ClCCl.O=S(=O)(O)OCl. The number of rotatable bonds is 1. The molecule has 0 spiro atoms. The Balaban J connectivity index is 0. The summed E-state index contributed by atoms with van der Waals surface area (Å²) in [5.74, 6) is 0. The average molecular weight is 217 g/mol. The van der Waals surface area contributed by atoms with Crippen molar-refractivity contribution in [3.05, 3.63) is 0 Å². The molecule has 0 aliphatic heterocycles. The first-order chi connectivity index (χ1) is 3.97. The molecule has 0 aliphatic carbocycles. The molecule has 0 heterocycles. The van der Waals surface area contributed by atoms with E-state index in [-0.39, 0.29) is 5.34 Å². The van der Waals surface area contributed by atoms with Crippen molar-refractivity contribution >= 4 is 45.5 Å². The van der Waals surface area contributed by atoms with Crippen LogP contribution in [0, 0.1) is 0 Å². The molecule has 0 fully saturated rings. The van der Waals surface area contributed by atoms with Crippen LogP contribution in [0.25, 0.3) is 0 Å². The first-order valence-corrected chi connectivity index (χ1v) is 4.11. The van der Waals surface area contributed by atoms with E-state index < -0.39 is 10.4 Å². The second kappa shape index (κ2) is 6.85. The minimum Gasteiger partial charge on any atom is -0.263 e. The first kappa shape index (κ1) is 12.4. The molecule has 0 aromatic carbocycles. The maximum absolute atomic E-state index is 9.20. The highest BCUT2D eigenvalue weighted by Crippen LogP contribution is 1.86. The van der Waals surface area contributed by atoms with Crippen LogP contribution in [0.4, 0.5) is 0 Å². The highest BCUT2D eigenvalue weighted by atomic mass is 35.5. The summed E-state index contributed by atoms with van der Waals surface area (Å²) in [5.41, 5.74) is 0. The Hall–Kier alpha value is 0.740. The molecule has 9 heavy (non-hydrogen) atoms. The Morgan fingerprint density at radius 3 is 1.56 bits per heavy atom. The normalized spacial score (nSPS) is 9.78. The molecule has 0 saturated heterocycles. The minimum absolute atomic E-state index is 0.194. The quantitative estimate of drug-likeness (QED) is 0.532. The van der Waals surface area contributed by atoms with E-state index in [9.17, 15) is 8.42 Å². The Morgan fingerprint density at radius 2 is 1.56 bits per heavy atom. The highest BCUT2D eigenvalue weighted by Gasteiger charge is 1.97. The smallest absolute Gasteiger partial charge is 0.263 e.